The molecule has 1 heterocycles. The molecule has 1 aliphatic heterocycles. The molecular weight excluding hydrogens is 425 g/mol. The lowest BCUT2D eigenvalue weighted by atomic mass is 9.94. The fourth-order valence-corrected chi connectivity index (χ4v) is 4.41. The molecule has 0 bridgehead atoms. The molecule has 4 nitrogen and oxygen atoms in total. The highest BCUT2D eigenvalue weighted by Gasteiger charge is 2.49. The van der Waals surface area contributed by atoms with E-state index in [1.165, 1.54) is 12.1 Å². The predicted octanol–water partition coefficient (Wildman–Crippen LogP) is 4.95. The maximum absolute atomic E-state index is 13.5. The highest BCUT2D eigenvalue weighted by Crippen LogP contribution is 2.43. The molecular formula is C22H19BrFNO3. The number of benzene rings is 2. The van der Waals surface area contributed by atoms with Crippen LogP contribution in [-0.4, -0.2) is 27.7 Å². The van der Waals surface area contributed by atoms with Gasteiger partial charge in [0.2, 0.25) is 0 Å². The number of nitrogens with zero attached hydrogens (tertiary/aromatic N) is 1. The van der Waals surface area contributed by atoms with Crippen LogP contribution in [0.25, 0.3) is 5.76 Å². The van der Waals surface area contributed by atoms with Crippen LogP contribution in [0.3, 0.4) is 0 Å². The quantitative estimate of drug-likeness (QED) is 0.414. The Morgan fingerprint density at radius 1 is 1.00 bits per heavy atom. The van der Waals surface area contributed by atoms with Gasteiger partial charge in [0, 0.05) is 16.1 Å². The normalized spacial score (nSPS) is 22.2. The van der Waals surface area contributed by atoms with Gasteiger partial charge in [-0.05, 0) is 42.7 Å². The molecule has 6 heteroatoms. The van der Waals surface area contributed by atoms with E-state index in [1.54, 1.807) is 41.3 Å². The van der Waals surface area contributed by atoms with Gasteiger partial charge in [-0.3, -0.25) is 9.59 Å². The van der Waals surface area contributed by atoms with Crippen LogP contribution < -0.4 is 0 Å². The molecule has 4 rings (SSSR count). The minimum atomic E-state index is -0.715. The Labute approximate surface area is 170 Å². The second kappa shape index (κ2) is 7.51. The van der Waals surface area contributed by atoms with Gasteiger partial charge in [-0.2, -0.15) is 0 Å². The molecule has 1 aliphatic carbocycles. The molecule has 2 aliphatic rings. The van der Waals surface area contributed by atoms with Crippen LogP contribution in [0.1, 0.15) is 42.9 Å². The average Bonchev–Trinajstić information content (AvgIpc) is 3.30. The van der Waals surface area contributed by atoms with Gasteiger partial charge < -0.3 is 10.0 Å². The maximum atomic E-state index is 13.5. The van der Waals surface area contributed by atoms with Crippen LogP contribution in [0.4, 0.5) is 4.39 Å². The van der Waals surface area contributed by atoms with Gasteiger partial charge >= 0.3 is 0 Å². The van der Waals surface area contributed by atoms with Gasteiger partial charge in [0.25, 0.3) is 11.7 Å². The lowest BCUT2D eigenvalue weighted by Gasteiger charge is -2.30. The summed E-state index contributed by atoms with van der Waals surface area (Å²) in [7, 11) is 0. The molecule has 0 aromatic heterocycles. The standard InChI is InChI=1S/C22H19BrFNO3/c23-15-9-5-14(6-10-15)20(26)18-19(13-7-11-16(24)12-8-13)25(22(28)21(18)27)17-3-1-2-4-17/h5-12,17,19,26H,1-4H2/b20-18-. The zero-order valence-corrected chi connectivity index (χ0v) is 16.7. The third kappa shape index (κ3) is 3.26. The van der Waals surface area contributed by atoms with Crippen molar-refractivity contribution in [3.8, 4) is 0 Å². The summed E-state index contributed by atoms with van der Waals surface area (Å²) in [6, 6.07) is 11.9. The third-order valence-electron chi connectivity index (χ3n) is 5.50. The number of amides is 1. The number of carbonyl (C=O) groups is 2. The second-order valence-corrected chi connectivity index (χ2v) is 8.12. The fourth-order valence-electron chi connectivity index (χ4n) is 4.14. The van der Waals surface area contributed by atoms with Crippen LogP contribution >= 0.6 is 15.9 Å². The van der Waals surface area contributed by atoms with Gasteiger partial charge in [0.1, 0.15) is 11.6 Å². The summed E-state index contributed by atoms with van der Waals surface area (Å²) < 4.78 is 14.3. The number of rotatable bonds is 3. The molecule has 2 fully saturated rings. The number of aliphatic hydroxyl groups is 1. The molecule has 1 unspecified atom stereocenters. The molecule has 1 saturated heterocycles. The van der Waals surface area contributed by atoms with E-state index in [2.05, 4.69) is 15.9 Å². The van der Waals surface area contributed by atoms with E-state index in [0.29, 0.717) is 11.1 Å². The van der Waals surface area contributed by atoms with E-state index >= 15 is 0 Å². The van der Waals surface area contributed by atoms with E-state index < -0.39 is 23.5 Å². The summed E-state index contributed by atoms with van der Waals surface area (Å²) in [6.07, 6.45) is 3.64. The summed E-state index contributed by atoms with van der Waals surface area (Å²) in [6.45, 7) is 0. The zero-order chi connectivity index (χ0) is 19.8. The highest BCUT2D eigenvalue weighted by atomic mass is 79.9. The number of hydrogen-bond acceptors (Lipinski definition) is 3. The van der Waals surface area contributed by atoms with Crippen LogP contribution in [0.2, 0.25) is 0 Å². The first-order valence-corrected chi connectivity index (χ1v) is 10.1. The van der Waals surface area contributed by atoms with Gasteiger partial charge in [-0.1, -0.05) is 53.0 Å². The predicted molar refractivity (Wildman–Crippen MR) is 107 cm³/mol. The van der Waals surface area contributed by atoms with Crippen LogP contribution in [0.5, 0.6) is 0 Å². The van der Waals surface area contributed by atoms with Crippen molar-refractivity contribution in [3.05, 3.63) is 75.5 Å². The first kappa shape index (κ1) is 18.9. The molecule has 144 valence electrons. The van der Waals surface area contributed by atoms with Gasteiger partial charge in [-0.15, -0.1) is 0 Å². The van der Waals surface area contributed by atoms with Gasteiger partial charge in [0.15, 0.2) is 0 Å². The SMILES string of the molecule is O=C1C(=O)N(C2CCCC2)C(c2ccc(F)cc2)/C1=C(/O)c1ccc(Br)cc1. The van der Waals surface area contributed by atoms with Crippen LogP contribution in [0, 0.1) is 5.82 Å². The molecule has 0 spiro atoms. The molecule has 28 heavy (non-hydrogen) atoms. The monoisotopic (exact) mass is 443 g/mol. The second-order valence-electron chi connectivity index (χ2n) is 7.20. The zero-order valence-electron chi connectivity index (χ0n) is 15.1. The molecule has 1 N–H and O–H groups in total. The average molecular weight is 444 g/mol. The van der Waals surface area contributed by atoms with Gasteiger partial charge in [0.05, 0.1) is 11.6 Å². The number of aliphatic hydroxyl groups excluding tert-OH is 1. The van der Waals surface area contributed by atoms with Crippen LogP contribution in [0.15, 0.2) is 58.6 Å². The van der Waals surface area contributed by atoms with E-state index in [1.807, 2.05) is 0 Å². The number of Topliss-reactive ketones (excluding diaryl/α,β-unsaturated/α-hetero) is 1. The van der Waals surface area contributed by atoms with Crippen LogP contribution in [-0.2, 0) is 9.59 Å². The highest BCUT2D eigenvalue weighted by molar-refractivity contribution is 9.10. The van der Waals surface area contributed by atoms with Crippen molar-refractivity contribution in [2.45, 2.75) is 37.8 Å². The minimum Gasteiger partial charge on any atom is -0.507 e. The number of ketones is 1. The Morgan fingerprint density at radius 3 is 2.21 bits per heavy atom. The molecule has 2 aromatic rings. The Hall–Kier alpha value is -2.47. The smallest absolute Gasteiger partial charge is 0.295 e. The van der Waals surface area contributed by atoms with Crippen molar-refractivity contribution in [3.63, 3.8) is 0 Å². The van der Waals surface area contributed by atoms with Crippen molar-refractivity contribution < 1.29 is 19.1 Å². The topological polar surface area (TPSA) is 57.6 Å². The third-order valence-corrected chi connectivity index (χ3v) is 6.03. The largest absolute Gasteiger partial charge is 0.507 e. The molecule has 2 aromatic carbocycles. The Morgan fingerprint density at radius 2 is 1.61 bits per heavy atom. The first-order chi connectivity index (χ1) is 13.5. The Bertz CT molecular complexity index is 947. The summed E-state index contributed by atoms with van der Waals surface area (Å²) in [5.74, 6) is -1.89. The minimum absolute atomic E-state index is 0.0540. The number of likely N-dealkylation sites (tertiary alicyclic amines) is 1. The number of carbonyl (C=O) groups excluding carboxylic acids is 2. The lowest BCUT2D eigenvalue weighted by molar-refractivity contribution is -0.141. The molecule has 0 radical (unpaired) electrons. The Kier molecular flexibility index (Phi) is 5.06. The van der Waals surface area contributed by atoms with Crippen molar-refractivity contribution in [1.82, 2.24) is 4.90 Å². The first-order valence-electron chi connectivity index (χ1n) is 9.29. The summed E-state index contributed by atoms with van der Waals surface area (Å²) in [5, 5.41) is 10.9. The fraction of sp³-hybridized carbons (Fsp3) is 0.273. The molecule has 1 saturated carbocycles. The molecule has 1 atom stereocenters. The summed E-state index contributed by atoms with van der Waals surface area (Å²) in [4.78, 5) is 27.4. The van der Waals surface area contributed by atoms with E-state index in [0.717, 1.165) is 30.2 Å². The number of halogens is 2. The van der Waals surface area contributed by atoms with Crippen molar-refractivity contribution in [2.24, 2.45) is 0 Å². The van der Waals surface area contributed by atoms with E-state index in [-0.39, 0.29) is 17.4 Å². The maximum Gasteiger partial charge on any atom is 0.295 e. The Balaban J connectivity index is 1.87. The lowest BCUT2D eigenvalue weighted by Crippen LogP contribution is -2.37. The summed E-state index contributed by atoms with van der Waals surface area (Å²) in [5.41, 5.74) is 1.14. The van der Waals surface area contributed by atoms with E-state index in [9.17, 15) is 19.1 Å². The van der Waals surface area contributed by atoms with Crippen molar-refractivity contribution >= 4 is 33.4 Å². The van der Waals surface area contributed by atoms with E-state index in [4.69, 9.17) is 0 Å². The number of hydrogen-bond donors (Lipinski definition) is 1. The van der Waals surface area contributed by atoms with Gasteiger partial charge in [-0.25, -0.2) is 4.39 Å². The van der Waals surface area contributed by atoms with Crippen molar-refractivity contribution in [1.29, 1.82) is 0 Å². The van der Waals surface area contributed by atoms with Crippen molar-refractivity contribution in [2.75, 3.05) is 0 Å². The molecule has 1 amide bonds. The summed E-state index contributed by atoms with van der Waals surface area (Å²) >= 11 is 3.35.